The Labute approximate surface area is 751 Å². The van der Waals surface area contributed by atoms with Crippen LogP contribution in [-0.4, -0.2) is 47.3 Å². The van der Waals surface area contributed by atoms with Crippen molar-refractivity contribution in [1.29, 1.82) is 0 Å². The summed E-state index contributed by atoms with van der Waals surface area (Å²) in [7, 11) is 0. The number of fused-ring (bicyclic) bond motifs is 8. The number of anilines is 4. The molecule has 18 nitrogen and oxygen atoms in total. The third-order valence-corrected chi connectivity index (χ3v) is 25.3. The maximum Gasteiger partial charge on any atom is 0.266 e. The van der Waals surface area contributed by atoms with Gasteiger partial charge in [-0.05, 0) is 284 Å². The third kappa shape index (κ3) is 13.5. The van der Waals surface area contributed by atoms with E-state index in [0.717, 1.165) is 97.5 Å². The highest BCUT2D eigenvalue weighted by molar-refractivity contribution is 6.36. The summed E-state index contributed by atoms with van der Waals surface area (Å²) >= 11 is 0. The van der Waals surface area contributed by atoms with Crippen LogP contribution in [0, 0.1) is 0 Å². The molecular formula is C113H72N4O14. The molecule has 0 radical (unpaired) electrons. The first-order chi connectivity index (χ1) is 63.9. The Hall–Kier alpha value is -17.6. The zero-order valence-corrected chi connectivity index (χ0v) is 70.1. The van der Waals surface area contributed by atoms with Crippen LogP contribution in [0.5, 0.6) is 69.0 Å². The van der Waals surface area contributed by atoms with Gasteiger partial charge in [-0.1, -0.05) is 184 Å². The van der Waals surface area contributed by atoms with Gasteiger partial charge in [0.25, 0.3) is 47.3 Å². The van der Waals surface area contributed by atoms with Gasteiger partial charge < -0.3 is 28.4 Å². The van der Waals surface area contributed by atoms with Crippen molar-refractivity contribution in [2.24, 2.45) is 0 Å². The van der Waals surface area contributed by atoms with Crippen molar-refractivity contribution in [2.45, 2.75) is 30.1 Å². The van der Waals surface area contributed by atoms with Crippen molar-refractivity contribution in [3.8, 4) is 91.2 Å². The first kappa shape index (κ1) is 79.3. The molecule has 4 aliphatic heterocycles. The fraction of sp³-hybridized carbons (Fsp3) is 0.0442. The van der Waals surface area contributed by atoms with Crippen molar-refractivity contribution in [2.75, 3.05) is 19.6 Å². The Morgan fingerprint density at radius 2 is 0.397 bits per heavy atom. The van der Waals surface area contributed by atoms with E-state index in [1.165, 1.54) is 24.3 Å². The number of hydrogen-bond acceptors (Lipinski definition) is 14. The van der Waals surface area contributed by atoms with Gasteiger partial charge in [0.05, 0.1) is 55.8 Å². The van der Waals surface area contributed by atoms with Crippen molar-refractivity contribution in [1.82, 2.24) is 0 Å². The molecule has 16 aromatic carbocycles. The number of carbonyl (C=O) groups excluding carboxylic acids is 8. The van der Waals surface area contributed by atoms with E-state index in [2.05, 4.69) is 159 Å². The molecule has 0 atom stereocenters. The number of ether oxygens (including phenoxy) is 6. The number of carbonyl (C=O) groups is 8. The van der Waals surface area contributed by atoms with Crippen LogP contribution in [-0.2, 0) is 35.4 Å². The lowest BCUT2D eigenvalue weighted by molar-refractivity contribution is -0.121. The second-order valence-electron chi connectivity index (χ2n) is 33.0. The number of rotatable bonds is 22. The molecule has 0 bridgehead atoms. The van der Waals surface area contributed by atoms with Crippen LogP contribution >= 0.6 is 0 Å². The highest BCUT2D eigenvalue weighted by atomic mass is 16.5. The number of imide groups is 4. The van der Waals surface area contributed by atoms with Crippen molar-refractivity contribution >= 4 is 70.0 Å². The molecule has 628 valence electrons. The average molecular weight is 1710 g/mol. The van der Waals surface area contributed by atoms with E-state index in [1.807, 2.05) is 97.1 Å². The minimum absolute atomic E-state index is 0.214. The Morgan fingerprint density at radius 1 is 0.198 bits per heavy atom. The first-order valence-electron chi connectivity index (χ1n) is 42.6. The largest absolute Gasteiger partial charge is 0.457 e. The van der Waals surface area contributed by atoms with Crippen LogP contribution in [0.15, 0.2) is 400 Å². The molecule has 131 heavy (non-hydrogen) atoms. The molecule has 0 unspecified atom stereocenters. The zero-order valence-electron chi connectivity index (χ0n) is 70.1. The Balaban J connectivity index is 0.424. The maximum absolute atomic E-state index is 14.2. The van der Waals surface area contributed by atoms with E-state index in [1.54, 1.807) is 133 Å². The summed E-state index contributed by atoms with van der Waals surface area (Å²) in [6.07, 6.45) is 5.01. The predicted octanol–water partition coefficient (Wildman–Crippen LogP) is 24.0. The van der Waals surface area contributed by atoms with Gasteiger partial charge in [0.2, 0.25) is 0 Å². The topological polar surface area (TPSA) is 205 Å². The quantitative estimate of drug-likeness (QED) is 0.0579. The number of amides is 8. The molecule has 0 N–H and O–H groups in total. The van der Waals surface area contributed by atoms with Gasteiger partial charge in [-0.2, -0.15) is 0 Å². The molecule has 22 rings (SSSR count). The fourth-order valence-electron chi connectivity index (χ4n) is 19.0. The molecule has 0 saturated heterocycles. The molecule has 0 spiro atoms. The predicted molar refractivity (Wildman–Crippen MR) is 497 cm³/mol. The molecule has 8 amide bonds. The SMILES string of the molecule is CC(C)(c1ccc(Oc2ccc3c(c2)C(=O)N(c2ccc(Oc4ccc(C5(c6ccc(Oc7ccc(N8C(=O)C=CC8=O)cc7)cc6)c6ccccc6-c6ccccc65)cc4)cc2)C3=O)cc1)c1ccc(Oc2ccc3c(c2)C(=O)N(c2ccc(Oc4ccc(C5(c6ccc(Oc7ccc(N8C(=O)C=CC8=O)cc7)cc6)c6ccccc6-c6ccccc65)cc4)cc2)C3=O)cc1. The molecule has 2 aliphatic carbocycles. The van der Waals surface area contributed by atoms with Gasteiger partial charge >= 0.3 is 0 Å². The lowest BCUT2D eigenvalue weighted by atomic mass is 9.68. The molecule has 0 saturated carbocycles. The van der Waals surface area contributed by atoms with Crippen LogP contribution in [0.25, 0.3) is 22.3 Å². The van der Waals surface area contributed by atoms with Gasteiger partial charge in [0.1, 0.15) is 69.0 Å². The molecule has 18 heteroatoms. The second-order valence-corrected chi connectivity index (χ2v) is 33.0. The van der Waals surface area contributed by atoms with E-state index in [-0.39, 0.29) is 22.3 Å². The smallest absolute Gasteiger partial charge is 0.266 e. The summed E-state index contributed by atoms with van der Waals surface area (Å²) < 4.78 is 38.2. The average Bonchev–Trinajstić information content (AvgIpc) is 1.55. The zero-order chi connectivity index (χ0) is 89.0. The first-order valence-corrected chi connectivity index (χ1v) is 42.6. The van der Waals surface area contributed by atoms with Gasteiger partial charge in [0, 0.05) is 29.7 Å². The second kappa shape index (κ2) is 31.5. The minimum atomic E-state index is -0.721. The van der Waals surface area contributed by atoms with Gasteiger partial charge in [0.15, 0.2) is 0 Å². The highest BCUT2D eigenvalue weighted by Crippen LogP contribution is 2.59. The summed E-state index contributed by atoms with van der Waals surface area (Å²) in [6.45, 7) is 4.23. The van der Waals surface area contributed by atoms with E-state index < -0.39 is 63.5 Å². The van der Waals surface area contributed by atoms with Crippen molar-refractivity contribution in [3.05, 3.63) is 478 Å². The fourth-order valence-corrected chi connectivity index (χ4v) is 19.0. The minimum Gasteiger partial charge on any atom is -0.457 e. The van der Waals surface area contributed by atoms with E-state index in [4.69, 9.17) is 28.4 Å². The molecular weight excluding hydrogens is 1640 g/mol. The van der Waals surface area contributed by atoms with E-state index >= 15 is 0 Å². The summed E-state index contributed by atoms with van der Waals surface area (Å²) in [5.41, 5.74) is 15.8. The van der Waals surface area contributed by atoms with Crippen molar-refractivity contribution < 1.29 is 66.8 Å². The summed E-state index contributed by atoms with van der Waals surface area (Å²) in [5, 5.41) is 0. The normalized spacial score (nSPS) is 14.6. The lowest BCUT2D eigenvalue weighted by Gasteiger charge is -2.34. The standard InChI is InChI=1S/C113H72N4O14/c1-111(2,69-19-39-83(40-20-69)130-89-59-61-95-97(67-89)109(124)116(107(95)122)77-35-55-87(56-36-77)128-81-47-27-73(28-48-81)112(99-15-7-3-11-91(99)92-12-4-8-16-100(92)112)71-23-43-79(44-24-71)126-85-51-31-75(32-52-85)114-103(118)63-64-104(114)119)70-21-41-84(42-22-70)131-90-60-62-96-98(68-90)110(125)117(108(96)123)78-37-57-88(58-38-78)129-82-49-29-74(30-50-82)113(101-17-9-5-13-93(101)94-14-6-10-18-102(94)113)72-25-45-80(46-26-72)127-86-53-33-76(34-54-86)115-105(120)65-66-106(115)121/h3-68H,1-2H3. The maximum atomic E-state index is 14.2. The van der Waals surface area contributed by atoms with Gasteiger partial charge in [-0.3, -0.25) is 38.4 Å². The number of hydrogen-bond donors (Lipinski definition) is 0. The van der Waals surface area contributed by atoms with E-state index in [0.29, 0.717) is 91.7 Å². The van der Waals surface area contributed by atoms with Crippen LogP contribution in [0.1, 0.15) is 111 Å². The van der Waals surface area contributed by atoms with Crippen LogP contribution < -0.4 is 48.0 Å². The van der Waals surface area contributed by atoms with E-state index in [9.17, 15) is 38.4 Å². The molecule has 4 heterocycles. The Morgan fingerprint density at radius 3 is 0.649 bits per heavy atom. The van der Waals surface area contributed by atoms with Crippen LogP contribution in [0.2, 0.25) is 0 Å². The highest BCUT2D eigenvalue weighted by Gasteiger charge is 2.49. The number of nitrogens with zero attached hydrogens (tertiary/aromatic N) is 4. The van der Waals surface area contributed by atoms with Crippen molar-refractivity contribution in [3.63, 3.8) is 0 Å². The van der Waals surface area contributed by atoms with Crippen LogP contribution in [0.4, 0.5) is 22.7 Å². The molecule has 0 aromatic heterocycles. The van der Waals surface area contributed by atoms with Gasteiger partial charge in [-0.25, -0.2) is 19.6 Å². The Bertz CT molecular complexity index is 6930. The molecule has 16 aromatic rings. The van der Waals surface area contributed by atoms with Crippen LogP contribution in [0.3, 0.4) is 0 Å². The third-order valence-electron chi connectivity index (χ3n) is 25.3. The summed E-state index contributed by atoms with van der Waals surface area (Å²) in [4.78, 5) is 110. The summed E-state index contributed by atoms with van der Waals surface area (Å²) in [6, 6.07) is 118. The Kier molecular flexibility index (Phi) is 19.1. The number of benzene rings is 16. The molecule has 6 aliphatic rings. The van der Waals surface area contributed by atoms with Gasteiger partial charge in [-0.15, -0.1) is 0 Å². The lowest BCUT2D eigenvalue weighted by Crippen LogP contribution is -2.29. The monoisotopic (exact) mass is 1710 g/mol. The molecule has 0 fully saturated rings. The summed E-state index contributed by atoms with van der Waals surface area (Å²) in [5.74, 6) is 2.81.